The topological polar surface area (TPSA) is 35.2 Å². The number of thiocarbonyl (C=S) groups is 1. The molecule has 0 saturated carbocycles. The minimum atomic E-state index is -0.418. The van der Waals surface area contributed by atoms with Crippen LogP contribution in [0, 0.1) is 5.82 Å². The zero-order valence-corrected chi connectivity index (χ0v) is 12.5. The van der Waals surface area contributed by atoms with Gasteiger partial charge in [-0.1, -0.05) is 35.4 Å². The van der Waals surface area contributed by atoms with Crippen LogP contribution in [0.1, 0.15) is 11.1 Å². The largest absolute Gasteiger partial charge is 0.489 e. The average molecular weight is 330 g/mol. The van der Waals surface area contributed by atoms with Gasteiger partial charge in [-0.15, -0.1) is 0 Å². The molecule has 0 spiro atoms. The molecule has 0 fully saturated rings. The Kier molecular flexibility index (Phi) is 4.81. The Bertz CT molecular complexity index is 643. The number of rotatable bonds is 4. The molecule has 0 aliphatic carbocycles. The fraction of sp³-hybridized carbons (Fsp3) is 0.0714. The van der Waals surface area contributed by atoms with Crippen molar-refractivity contribution in [1.29, 1.82) is 0 Å². The summed E-state index contributed by atoms with van der Waals surface area (Å²) >= 11 is 16.6. The average Bonchev–Trinajstić information content (AvgIpc) is 2.34. The van der Waals surface area contributed by atoms with Gasteiger partial charge in [0.05, 0.1) is 0 Å². The third-order valence-corrected chi connectivity index (χ3v) is 3.16. The molecule has 0 unspecified atom stereocenters. The molecule has 104 valence electrons. The van der Waals surface area contributed by atoms with Crippen LogP contribution in [0.2, 0.25) is 10.0 Å². The molecule has 0 aliphatic rings. The molecule has 2 aromatic rings. The van der Waals surface area contributed by atoms with Gasteiger partial charge in [0.25, 0.3) is 0 Å². The standard InChI is InChI=1S/C14H10Cl2FNOS/c15-10-4-11(16)6-13(5-10)19-7-8-1-9(14(18)20)3-12(17)2-8/h1-6H,7H2,(H2,18,20). The molecule has 0 atom stereocenters. The highest BCUT2D eigenvalue weighted by atomic mass is 35.5. The van der Waals surface area contributed by atoms with Crippen LogP contribution < -0.4 is 10.5 Å². The van der Waals surface area contributed by atoms with Crippen molar-refractivity contribution >= 4 is 40.4 Å². The normalized spacial score (nSPS) is 10.3. The van der Waals surface area contributed by atoms with E-state index >= 15 is 0 Å². The van der Waals surface area contributed by atoms with Gasteiger partial charge in [0.1, 0.15) is 23.2 Å². The van der Waals surface area contributed by atoms with Crippen molar-refractivity contribution in [1.82, 2.24) is 0 Å². The minimum absolute atomic E-state index is 0.136. The summed E-state index contributed by atoms with van der Waals surface area (Å²) in [5.74, 6) is 0.0849. The monoisotopic (exact) mass is 329 g/mol. The van der Waals surface area contributed by atoms with Crippen LogP contribution in [-0.4, -0.2) is 4.99 Å². The van der Waals surface area contributed by atoms with Crippen molar-refractivity contribution in [3.8, 4) is 5.75 Å². The highest BCUT2D eigenvalue weighted by molar-refractivity contribution is 7.80. The molecule has 0 aliphatic heterocycles. The summed E-state index contributed by atoms with van der Waals surface area (Å²) in [4.78, 5) is 0.136. The van der Waals surface area contributed by atoms with Crippen molar-refractivity contribution in [2.45, 2.75) is 6.61 Å². The summed E-state index contributed by atoms with van der Waals surface area (Å²) in [5.41, 5.74) is 6.56. The Morgan fingerprint density at radius 2 is 1.75 bits per heavy atom. The van der Waals surface area contributed by atoms with E-state index in [4.69, 9.17) is 45.9 Å². The lowest BCUT2D eigenvalue weighted by Gasteiger charge is -2.09. The van der Waals surface area contributed by atoms with E-state index in [1.165, 1.54) is 12.1 Å². The van der Waals surface area contributed by atoms with Gasteiger partial charge < -0.3 is 10.5 Å². The summed E-state index contributed by atoms with van der Waals surface area (Å²) < 4.78 is 19.0. The lowest BCUT2D eigenvalue weighted by molar-refractivity contribution is 0.305. The molecular weight excluding hydrogens is 320 g/mol. The first-order chi connectivity index (χ1) is 9.44. The van der Waals surface area contributed by atoms with Crippen molar-refractivity contribution < 1.29 is 9.13 Å². The molecular formula is C14H10Cl2FNOS. The van der Waals surface area contributed by atoms with E-state index in [0.29, 0.717) is 26.9 Å². The molecule has 0 bridgehead atoms. The van der Waals surface area contributed by atoms with Crippen LogP contribution in [0.25, 0.3) is 0 Å². The smallest absolute Gasteiger partial charge is 0.124 e. The predicted octanol–water partition coefficient (Wildman–Crippen LogP) is 4.35. The van der Waals surface area contributed by atoms with Crippen molar-refractivity contribution in [3.63, 3.8) is 0 Å². The molecule has 2 N–H and O–H groups in total. The maximum atomic E-state index is 13.4. The first-order valence-electron chi connectivity index (χ1n) is 5.62. The van der Waals surface area contributed by atoms with Gasteiger partial charge in [0.15, 0.2) is 0 Å². The fourth-order valence-electron chi connectivity index (χ4n) is 1.65. The van der Waals surface area contributed by atoms with Crippen LogP contribution in [0.15, 0.2) is 36.4 Å². The van der Waals surface area contributed by atoms with Gasteiger partial charge in [-0.3, -0.25) is 0 Å². The molecule has 6 heteroatoms. The number of halogens is 3. The molecule has 20 heavy (non-hydrogen) atoms. The Labute approximate surface area is 131 Å². The van der Waals surface area contributed by atoms with Crippen LogP contribution in [0.4, 0.5) is 4.39 Å². The fourth-order valence-corrected chi connectivity index (χ4v) is 2.28. The van der Waals surface area contributed by atoms with Crippen molar-refractivity contribution in [2.75, 3.05) is 0 Å². The maximum absolute atomic E-state index is 13.4. The van der Waals surface area contributed by atoms with Crippen molar-refractivity contribution in [3.05, 3.63) is 63.4 Å². The molecule has 0 radical (unpaired) electrons. The number of benzene rings is 2. The maximum Gasteiger partial charge on any atom is 0.124 e. The number of ether oxygens (including phenoxy) is 1. The number of hydrogen-bond acceptors (Lipinski definition) is 2. The van der Waals surface area contributed by atoms with Gasteiger partial charge in [0, 0.05) is 15.6 Å². The summed E-state index contributed by atoms with van der Waals surface area (Å²) in [6.45, 7) is 0.157. The third-order valence-electron chi connectivity index (χ3n) is 2.48. The minimum Gasteiger partial charge on any atom is -0.489 e. The van der Waals surface area contributed by atoms with Gasteiger partial charge in [-0.25, -0.2) is 4.39 Å². The first-order valence-corrected chi connectivity index (χ1v) is 6.78. The molecule has 2 nitrogen and oxygen atoms in total. The number of nitrogens with two attached hydrogens (primary N) is 1. The number of hydrogen-bond donors (Lipinski definition) is 1. The van der Waals surface area contributed by atoms with E-state index in [2.05, 4.69) is 0 Å². The summed E-state index contributed by atoms with van der Waals surface area (Å²) in [7, 11) is 0. The van der Waals surface area contributed by atoms with Gasteiger partial charge in [-0.2, -0.15) is 0 Å². The van der Waals surface area contributed by atoms with Crippen LogP contribution >= 0.6 is 35.4 Å². The van der Waals surface area contributed by atoms with E-state index in [1.54, 1.807) is 24.3 Å². The van der Waals surface area contributed by atoms with Crippen LogP contribution in [-0.2, 0) is 6.61 Å². The molecule has 0 heterocycles. The second-order valence-corrected chi connectivity index (χ2v) is 5.42. The summed E-state index contributed by atoms with van der Waals surface area (Å²) in [6, 6.07) is 9.17. The Hall–Kier alpha value is -1.36. The van der Waals surface area contributed by atoms with E-state index in [1.807, 2.05) is 0 Å². The van der Waals surface area contributed by atoms with Gasteiger partial charge in [-0.05, 0) is 42.0 Å². The summed E-state index contributed by atoms with van der Waals surface area (Å²) in [6.07, 6.45) is 0. The Morgan fingerprint density at radius 1 is 1.10 bits per heavy atom. The molecule has 0 aromatic heterocycles. The van der Waals surface area contributed by atoms with Gasteiger partial charge >= 0.3 is 0 Å². The molecule has 2 aromatic carbocycles. The summed E-state index contributed by atoms with van der Waals surface area (Å²) in [5, 5.41) is 0.936. The SMILES string of the molecule is NC(=S)c1cc(F)cc(COc2cc(Cl)cc(Cl)c2)c1. The van der Waals surface area contributed by atoms with E-state index in [-0.39, 0.29) is 11.6 Å². The molecule has 2 rings (SSSR count). The second kappa shape index (κ2) is 6.39. The lowest BCUT2D eigenvalue weighted by atomic mass is 10.1. The predicted molar refractivity (Wildman–Crippen MR) is 83.1 cm³/mol. The van der Waals surface area contributed by atoms with E-state index in [0.717, 1.165) is 0 Å². The van der Waals surface area contributed by atoms with Crippen molar-refractivity contribution in [2.24, 2.45) is 5.73 Å². The van der Waals surface area contributed by atoms with E-state index < -0.39 is 5.82 Å². The zero-order valence-electron chi connectivity index (χ0n) is 10.2. The zero-order chi connectivity index (χ0) is 14.7. The highest BCUT2D eigenvalue weighted by Gasteiger charge is 2.05. The quantitative estimate of drug-likeness (QED) is 0.847. The molecule has 0 amide bonds. The van der Waals surface area contributed by atoms with Crippen LogP contribution in [0.3, 0.4) is 0 Å². The first kappa shape index (κ1) is 15.0. The Morgan fingerprint density at radius 3 is 2.35 bits per heavy atom. The highest BCUT2D eigenvalue weighted by Crippen LogP contribution is 2.25. The van der Waals surface area contributed by atoms with Gasteiger partial charge in [0.2, 0.25) is 0 Å². The van der Waals surface area contributed by atoms with Crippen LogP contribution in [0.5, 0.6) is 5.75 Å². The Balaban J connectivity index is 2.16. The third kappa shape index (κ3) is 4.07. The molecule has 0 saturated heterocycles. The van der Waals surface area contributed by atoms with E-state index in [9.17, 15) is 4.39 Å². The second-order valence-electron chi connectivity index (χ2n) is 4.11. The lowest BCUT2D eigenvalue weighted by Crippen LogP contribution is -2.10.